The van der Waals surface area contributed by atoms with Gasteiger partial charge in [0.15, 0.2) is 0 Å². The Bertz CT molecular complexity index is 642. The quantitative estimate of drug-likeness (QED) is 0.865. The van der Waals surface area contributed by atoms with Gasteiger partial charge in [0.05, 0.1) is 17.9 Å². The molecule has 7 heteroatoms. The lowest BCUT2D eigenvalue weighted by Gasteiger charge is -2.24. The van der Waals surface area contributed by atoms with Crippen molar-refractivity contribution in [3.05, 3.63) is 24.0 Å². The summed E-state index contributed by atoms with van der Waals surface area (Å²) in [7, 11) is 1.81. The Kier molecular flexibility index (Phi) is 4.52. The van der Waals surface area contributed by atoms with Crippen molar-refractivity contribution in [2.75, 3.05) is 49.6 Å². The lowest BCUT2D eigenvalue weighted by atomic mass is 9.94. The number of carbonyl (C=O) groups excluding carboxylic acids is 1. The van der Waals surface area contributed by atoms with E-state index in [4.69, 9.17) is 4.74 Å². The van der Waals surface area contributed by atoms with Crippen molar-refractivity contribution in [1.82, 2.24) is 10.6 Å². The highest BCUT2D eigenvalue weighted by atomic mass is 19.1. The number of nitrogens with zero attached hydrogens (tertiary/aromatic N) is 2. The number of piperidine rings is 1. The van der Waals surface area contributed by atoms with Gasteiger partial charge in [-0.25, -0.2) is 9.18 Å². The minimum Gasteiger partial charge on any atom is -0.443 e. The number of hydrogen-bond donors (Lipinski definition) is 2. The maximum atomic E-state index is 14.8. The first-order valence-electron chi connectivity index (χ1n) is 9.06. The van der Waals surface area contributed by atoms with E-state index in [9.17, 15) is 9.18 Å². The molecule has 4 rings (SSSR count). The fraction of sp³-hybridized carbons (Fsp3) is 0.611. The molecule has 3 heterocycles. The highest BCUT2D eigenvalue weighted by Gasteiger charge is 2.36. The first-order valence-corrected chi connectivity index (χ1v) is 9.06. The summed E-state index contributed by atoms with van der Waals surface area (Å²) in [5.41, 5.74) is 1.18. The molecule has 0 spiro atoms. The van der Waals surface area contributed by atoms with Gasteiger partial charge in [0.2, 0.25) is 0 Å². The smallest absolute Gasteiger partial charge is 0.414 e. The van der Waals surface area contributed by atoms with Crippen LogP contribution in [0.5, 0.6) is 0 Å². The molecule has 3 fully saturated rings. The van der Waals surface area contributed by atoms with Gasteiger partial charge in [0, 0.05) is 25.7 Å². The van der Waals surface area contributed by atoms with Crippen molar-refractivity contribution in [2.45, 2.75) is 25.0 Å². The second kappa shape index (κ2) is 6.80. The number of amides is 1. The van der Waals surface area contributed by atoms with Crippen LogP contribution >= 0.6 is 0 Å². The summed E-state index contributed by atoms with van der Waals surface area (Å²) in [5.74, 6) is 0.324. The molecule has 2 N–H and O–H groups in total. The van der Waals surface area contributed by atoms with E-state index in [0.29, 0.717) is 36.4 Å². The van der Waals surface area contributed by atoms with E-state index < -0.39 is 6.09 Å². The number of carbonyl (C=O) groups is 1. The van der Waals surface area contributed by atoms with Gasteiger partial charge in [0.1, 0.15) is 11.9 Å². The van der Waals surface area contributed by atoms with Gasteiger partial charge >= 0.3 is 6.09 Å². The molecule has 0 aliphatic carbocycles. The molecule has 0 radical (unpaired) electrons. The Morgan fingerprint density at radius 3 is 3.00 bits per heavy atom. The maximum absolute atomic E-state index is 14.8. The molecule has 25 heavy (non-hydrogen) atoms. The Balaban J connectivity index is 1.49. The highest BCUT2D eigenvalue weighted by Crippen LogP contribution is 2.33. The third-order valence-electron chi connectivity index (χ3n) is 5.49. The van der Waals surface area contributed by atoms with Gasteiger partial charge in [-0.2, -0.15) is 0 Å². The van der Waals surface area contributed by atoms with Gasteiger partial charge < -0.3 is 20.3 Å². The molecular weight excluding hydrogens is 323 g/mol. The summed E-state index contributed by atoms with van der Waals surface area (Å²) in [4.78, 5) is 15.6. The average Bonchev–Trinajstić information content (AvgIpc) is 3.18. The fourth-order valence-electron chi connectivity index (χ4n) is 4.23. The van der Waals surface area contributed by atoms with E-state index >= 15 is 0 Å². The predicted octanol–water partition coefficient (Wildman–Crippen LogP) is 1.56. The molecule has 1 amide bonds. The van der Waals surface area contributed by atoms with Crippen LogP contribution in [0.25, 0.3) is 0 Å². The van der Waals surface area contributed by atoms with E-state index in [1.54, 1.807) is 6.07 Å². The van der Waals surface area contributed by atoms with Gasteiger partial charge in [-0.3, -0.25) is 4.90 Å². The molecule has 0 bridgehead atoms. The van der Waals surface area contributed by atoms with Crippen LogP contribution in [-0.2, 0) is 4.74 Å². The van der Waals surface area contributed by atoms with Gasteiger partial charge in [-0.15, -0.1) is 0 Å². The lowest BCUT2D eigenvalue weighted by molar-refractivity contribution is 0.141. The van der Waals surface area contributed by atoms with E-state index in [0.717, 1.165) is 19.6 Å². The lowest BCUT2D eigenvalue weighted by Crippen LogP contribution is -2.40. The van der Waals surface area contributed by atoms with Crippen LogP contribution in [0.2, 0.25) is 0 Å². The summed E-state index contributed by atoms with van der Waals surface area (Å²) >= 11 is 0. The van der Waals surface area contributed by atoms with Crippen LogP contribution in [0.3, 0.4) is 0 Å². The van der Waals surface area contributed by atoms with Crippen LogP contribution in [0, 0.1) is 11.7 Å². The van der Waals surface area contributed by atoms with Crippen LogP contribution in [0.1, 0.15) is 12.8 Å². The van der Waals surface area contributed by atoms with Gasteiger partial charge in [0.25, 0.3) is 0 Å². The first-order chi connectivity index (χ1) is 12.2. The van der Waals surface area contributed by atoms with Crippen molar-refractivity contribution >= 4 is 17.5 Å². The molecule has 3 atom stereocenters. The molecule has 0 unspecified atom stereocenters. The molecule has 3 aliphatic rings. The van der Waals surface area contributed by atoms with Crippen LogP contribution in [-0.4, -0.2) is 58.0 Å². The number of halogens is 1. The monoisotopic (exact) mass is 348 g/mol. The summed E-state index contributed by atoms with van der Waals surface area (Å²) in [6.07, 6.45) is 1.79. The summed E-state index contributed by atoms with van der Waals surface area (Å²) < 4.78 is 20.0. The second-order valence-electron chi connectivity index (χ2n) is 7.18. The molecule has 3 aliphatic heterocycles. The van der Waals surface area contributed by atoms with Crippen LogP contribution < -0.4 is 20.4 Å². The zero-order valence-electron chi connectivity index (χ0n) is 14.5. The van der Waals surface area contributed by atoms with Crippen molar-refractivity contribution in [1.29, 1.82) is 0 Å². The Morgan fingerprint density at radius 1 is 1.36 bits per heavy atom. The second-order valence-corrected chi connectivity index (χ2v) is 7.18. The zero-order valence-corrected chi connectivity index (χ0v) is 14.5. The van der Waals surface area contributed by atoms with Crippen molar-refractivity contribution < 1.29 is 13.9 Å². The van der Waals surface area contributed by atoms with Crippen molar-refractivity contribution in [3.8, 4) is 0 Å². The summed E-state index contributed by atoms with van der Waals surface area (Å²) in [5, 5.41) is 6.53. The van der Waals surface area contributed by atoms with Gasteiger partial charge in [-0.05, 0) is 50.6 Å². The van der Waals surface area contributed by atoms with Crippen molar-refractivity contribution in [3.63, 3.8) is 0 Å². The number of nitrogens with one attached hydrogen (secondary N) is 2. The molecule has 136 valence electrons. The Labute approximate surface area is 147 Å². The Morgan fingerprint density at radius 2 is 2.24 bits per heavy atom. The number of cyclic esters (lactones) is 1. The number of hydrogen-bond acceptors (Lipinski definition) is 5. The first kappa shape index (κ1) is 16.6. The topological polar surface area (TPSA) is 56.8 Å². The number of fused-ring (bicyclic) bond motifs is 1. The summed E-state index contributed by atoms with van der Waals surface area (Å²) in [6, 6.07) is 5.52. The maximum Gasteiger partial charge on any atom is 0.414 e. The molecule has 0 aromatic heterocycles. The molecular formula is C18H25FN4O2. The molecule has 3 saturated heterocycles. The third kappa shape index (κ3) is 3.18. The number of likely N-dealkylation sites (N-methyl/N-ethyl adjacent to an activating group) is 1. The van der Waals surface area contributed by atoms with E-state index in [1.807, 2.05) is 13.1 Å². The number of anilines is 2. The van der Waals surface area contributed by atoms with E-state index in [2.05, 4.69) is 15.5 Å². The Hall–Kier alpha value is -1.86. The average molecular weight is 348 g/mol. The number of rotatable bonds is 4. The molecule has 6 nitrogen and oxygen atoms in total. The number of benzene rings is 1. The zero-order chi connectivity index (χ0) is 17.4. The van der Waals surface area contributed by atoms with E-state index in [-0.39, 0.29) is 11.9 Å². The highest BCUT2D eigenvalue weighted by molar-refractivity contribution is 5.90. The van der Waals surface area contributed by atoms with Crippen LogP contribution in [0.15, 0.2) is 18.2 Å². The summed E-state index contributed by atoms with van der Waals surface area (Å²) in [6.45, 7) is 3.82. The molecule has 0 saturated carbocycles. The molecule has 1 aromatic carbocycles. The molecule has 1 aromatic rings. The largest absolute Gasteiger partial charge is 0.443 e. The van der Waals surface area contributed by atoms with Gasteiger partial charge in [-0.1, -0.05) is 0 Å². The normalized spacial score (nSPS) is 29.0. The number of ether oxygens (including phenoxy) is 1. The van der Waals surface area contributed by atoms with Crippen molar-refractivity contribution in [2.24, 2.45) is 5.92 Å². The SMILES string of the molecule is CNC[C@H]1CN(c2ccc(N3C[C@H]4CCCN[C@H]4C3)c(F)c2)C(=O)O1. The van der Waals surface area contributed by atoms with E-state index in [1.165, 1.54) is 23.8 Å². The minimum atomic E-state index is -0.413. The third-order valence-corrected chi connectivity index (χ3v) is 5.49. The predicted molar refractivity (Wildman–Crippen MR) is 94.7 cm³/mol. The fourth-order valence-corrected chi connectivity index (χ4v) is 4.23. The standard InChI is InChI=1S/C18H25FN4O2/c1-20-8-14-10-23(18(24)25-14)13-4-5-17(15(19)7-13)22-9-12-3-2-6-21-16(12)11-22/h4-5,7,12,14,16,20-21H,2-3,6,8-11H2,1H3/t12-,14+,16+/m1/s1. The van der Waals surface area contributed by atoms with Crippen LogP contribution in [0.4, 0.5) is 20.6 Å². The minimum absolute atomic E-state index is 0.201.